The van der Waals surface area contributed by atoms with Crippen LogP contribution in [0.3, 0.4) is 0 Å². The van der Waals surface area contributed by atoms with Crippen LogP contribution in [-0.4, -0.2) is 6.04 Å². The zero-order valence-corrected chi connectivity index (χ0v) is 11.2. The topological polar surface area (TPSA) is 38.0 Å². The first-order valence-electron chi connectivity index (χ1n) is 6.12. The number of aryl methyl sites for hydroxylation is 1. The minimum Gasteiger partial charge on any atom is -0.271 e. The van der Waals surface area contributed by atoms with Gasteiger partial charge < -0.3 is 0 Å². The van der Waals surface area contributed by atoms with Crippen LogP contribution in [0.25, 0.3) is 0 Å². The Hall–Kier alpha value is -0.930. The summed E-state index contributed by atoms with van der Waals surface area (Å²) in [5.41, 5.74) is 5.09. The maximum Gasteiger partial charge on any atom is 0.123 e. The van der Waals surface area contributed by atoms with E-state index in [1.54, 1.807) is 6.07 Å². The van der Waals surface area contributed by atoms with Crippen LogP contribution >= 0.6 is 0 Å². The molecule has 0 amide bonds. The normalized spacial score (nSPS) is 13.8. The number of rotatable bonds is 5. The summed E-state index contributed by atoms with van der Waals surface area (Å²) in [6.07, 6.45) is 1.77. The van der Waals surface area contributed by atoms with Gasteiger partial charge in [-0.2, -0.15) is 0 Å². The quantitative estimate of drug-likeness (QED) is 0.611. The lowest BCUT2D eigenvalue weighted by molar-refractivity contribution is 0.231. The summed E-state index contributed by atoms with van der Waals surface area (Å²) in [5, 5.41) is 0. The average Bonchev–Trinajstić information content (AvgIpc) is 2.30. The first-order valence-corrected chi connectivity index (χ1v) is 6.12. The maximum atomic E-state index is 13.2. The van der Waals surface area contributed by atoms with Crippen molar-refractivity contribution in [3.63, 3.8) is 0 Å². The van der Waals surface area contributed by atoms with E-state index >= 15 is 0 Å². The van der Waals surface area contributed by atoms with E-state index in [4.69, 9.17) is 5.84 Å². The van der Waals surface area contributed by atoms with Crippen LogP contribution in [0.1, 0.15) is 38.3 Å². The van der Waals surface area contributed by atoms with Gasteiger partial charge in [-0.1, -0.05) is 26.8 Å². The molecule has 0 spiro atoms. The predicted molar refractivity (Wildman–Crippen MR) is 70.0 cm³/mol. The third-order valence-electron chi connectivity index (χ3n) is 3.79. The SMILES string of the molecule is CCC(C)(C)C(Cc1cc(F)ccc1C)NN. The second-order valence-electron chi connectivity index (χ2n) is 5.34. The van der Waals surface area contributed by atoms with E-state index in [0.717, 1.165) is 24.0 Å². The van der Waals surface area contributed by atoms with Gasteiger partial charge in [-0.15, -0.1) is 0 Å². The summed E-state index contributed by atoms with van der Waals surface area (Å²) in [6, 6.07) is 5.06. The van der Waals surface area contributed by atoms with E-state index in [2.05, 4.69) is 26.2 Å². The molecule has 1 rings (SSSR count). The Kier molecular flexibility index (Phi) is 4.66. The van der Waals surface area contributed by atoms with Crippen molar-refractivity contribution in [1.29, 1.82) is 0 Å². The molecule has 0 heterocycles. The number of hydrogen-bond acceptors (Lipinski definition) is 2. The number of benzene rings is 1. The standard InChI is InChI=1S/C14H23FN2/c1-5-14(3,4)13(17-16)9-11-8-12(15)7-6-10(11)2/h6-8,13,17H,5,9,16H2,1-4H3. The van der Waals surface area contributed by atoms with Gasteiger partial charge >= 0.3 is 0 Å². The molecule has 0 aliphatic carbocycles. The van der Waals surface area contributed by atoms with Crippen molar-refractivity contribution in [3.05, 3.63) is 35.1 Å². The van der Waals surface area contributed by atoms with Crippen molar-refractivity contribution in [2.45, 2.75) is 46.6 Å². The lowest BCUT2D eigenvalue weighted by Gasteiger charge is -2.33. The zero-order valence-electron chi connectivity index (χ0n) is 11.2. The van der Waals surface area contributed by atoms with Crippen molar-refractivity contribution in [1.82, 2.24) is 5.43 Å². The fourth-order valence-electron chi connectivity index (χ4n) is 1.89. The van der Waals surface area contributed by atoms with Crippen LogP contribution < -0.4 is 11.3 Å². The number of hydrogen-bond donors (Lipinski definition) is 2. The summed E-state index contributed by atoms with van der Waals surface area (Å²) in [5.74, 6) is 5.44. The summed E-state index contributed by atoms with van der Waals surface area (Å²) in [7, 11) is 0. The molecule has 1 aromatic rings. The van der Waals surface area contributed by atoms with E-state index in [1.807, 2.05) is 13.0 Å². The van der Waals surface area contributed by atoms with Gasteiger partial charge in [-0.25, -0.2) is 4.39 Å². The molecule has 0 saturated carbocycles. The number of hydrazine groups is 1. The molecule has 2 nitrogen and oxygen atoms in total. The summed E-state index contributed by atoms with van der Waals surface area (Å²) in [6.45, 7) is 8.49. The lowest BCUT2D eigenvalue weighted by Crippen LogP contribution is -2.47. The minimum absolute atomic E-state index is 0.0908. The molecule has 1 aromatic carbocycles. The molecule has 96 valence electrons. The zero-order chi connectivity index (χ0) is 13.1. The molecular formula is C14H23FN2. The first-order chi connectivity index (χ1) is 7.90. The summed E-state index contributed by atoms with van der Waals surface area (Å²) < 4.78 is 13.2. The highest BCUT2D eigenvalue weighted by Crippen LogP contribution is 2.27. The molecule has 1 unspecified atom stereocenters. The number of nitrogens with two attached hydrogens (primary N) is 1. The van der Waals surface area contributed by atoms with Crippen LogP contribution in [0.15, 0.2) is 18.2 Å². The van der Waals surface area contributed by atoms with Crippen molar-refractivity contribution < 1.29 is 4.39 Å². The van der Waals surface area contributed by atoms with E-state index in [-0.39, 0.29) is 17.3 Å². The molecule has 3 N–H and O–H groups in total. The van der Waals surface area contributed by atoms with Crippen LogP contribution in [0.2, 0.25) is 0 Å². The third kappa shape index (κ3) is 3.51. The largest absolute Gasteiger partial charge is 0.271 e. The van der Waals surface area contributed by atoms with Gasteiger partial charge in [0.25, 0.3) is 0 Å². The van der Waals surface area contributed by atoms with E-state index < -0.39 is 0 Å². The molecule has 0 fully saturated rings. The fourth-order valence-corrected chi connectivity index (χ4v) is 1.89. The maximum absolute atomic E-state index is 13.2. The molecule has 0 aromatic heterocycles. The second kappa shape index (κ2) is 5.61. The third-order valence-corrected chi connectivity index (χ3v) is 3.79. The number of nitrogens with one attached hydrogen (secondary N) is 1. The van der Waals surface area contributed by atoms with Gasteiger partial charge in [0.1, 0.15) is 5.82 Å². The Morgan fingerprint density at radius 1 is 1.41 bits per heavy atom. The molecule has 0 saturated heterocycles. The van der Waals surface area contributed by atoms with Crippen LogP contribution in [0.5, 0.6) is 0 Å². The highest BCUT2D eigenvalue weighted by atomic mass is 19.1. The molecule has 17 heavy (non-hydrogen) atoms. The van der Waals surface area contributed by atoms with Gasteiger partial charge in [0.2, 0.25) is 0 Å². The van der Waals surface area contributed by atoms with E-state index in [9.17, 15) is 4.39 Å². The summed E-state index contributed by atoms with van der Waals surface area (Å²) >= 11 is 0. The first kappa shape index (κ1) is 14.1. The molecule has 1 atom stereocenters. The van der Waals surface area contributed by atoms with Gasteiger partial charge in [0.15, 0.2) is 0 Å². The Morgan fingerprint density at radius 3 is 2.59 bits per heavy atom. The highest BCUT2D eigenvalue weighted by Gasteiger charge is 2.27. The second-order valence-corrected chi connectivity index (χ2v) is 5.34. The van der Waals surface area contributed by atoms with Crippen molar-refractivity contribution >= 4 is 0 Å². The van der Waals surface area contributed by atoms with Crippen molar-refractivity contribution in [2.24, 2.45) is 11.3 Å². The molecule has 0 radical (unpaired) electrons. The smallest absolute Gasteiger partial charge is 0.123 e. The van der Waals surface area contributed by atoms with Gasteiger partial charge in [0, 0.05) is 6.04 Å². The Morgan fingerprint density at radius 2 is 2.06 bits per heavy atom. The molecule has 0 bridgehead atoms. The molecule has 0 aliphatic rings. The van der Waals surface area contributed by atoms with Crippen molar-refractivity contribution in [3.8, 4) is 0 Å². The molecule has 3 heteroatoms. The number of halogens is 1. The Balaban J connectivity index is 2.91. The average molecular weight is 238 g/mol. The van der Waals surface area contributed by atoms with Crippen LogP contribution in [0.4, 0.5) is 4.39 Å². The lowest BCUT2D eigenvalue weighted by atomic mass is 9.79. The minimum atomic E-state index is -0.185. The van der Waals surface area contributed by atoms with Gasteiger partial charge in [0.05, 0.1) is 0 Å². The monoisotopic (exact) mass is 238 g/mol. The summed E-state index contributed by atoms with van der Waals surface area (Å²) in [4.78, 5) is 0. The van der Waals surface area contributed by atoms with E-state index in [0.29, 0.717) is 0 Å². The Labute approximate surface area is 103 Å². The Bertz CT molecular complexity index is 374. The van der Waals surface area contributed by atoms with Gasteiger partial charge in [-0.3, -0.25) is 11.3 Å². The van der Waals surface area contributed by atoms with E-state index in [1.165, 1.54) is 6.07 Å². The van der Waals surface area contributed by atoms with Crippen molar-refractivity contribution in [2.75, 3.05) is 0 Å². The molecule has 0 aliphatic heterocycles. The highest BCUT2D eigenvalue weighted by molar-refractivity contribution is 5.27. The van der Waals surface area contributed by atoms with Crippen LogP contribution in [0, 0.1) is 18.2 Å². The predicted octanol–water partition coefficient (Wildman–Crippen LogP) is 2.94. The van der Waals surface area contributed by atoms with Crippen LogP contribution in [-0.2, 0) is 6.42 Å². The van der Waals surface area contributed by atoms with Gasteiger partial charge in [-0.05, 0) is 48.4 Å². The molecular weight excluding hydrogens is 215 g/mol. The fraction of sp³-hybridized carbons (Fsp3) is 0.571.